The Morgan fingerprint density at radius 3 is 3.00 bits per heavy atom. The Morgan fingerprint density at radius 1 is 1.36 bits per heavy atom. The lowest BCUT2D eigenvalue weighted by Gasteiger charge is -1.86. The molecule has 0 atom stereocenters. The number of hydrogen-bond donors (Lipinski definition) is 1. The number of nitrogens with zero attached hydrogens (tertiary/aromatic N) is 2. The van der Waals surface area contributed by atoms with E-state index in [-0.39, 0.29) is 1.43 Å². The van der Waals surface area contributed by atoms with Crippen molar-refractivity contribution in [2.45, 2.75) is 0 Å². The van der Waals surface area contributed by atoms with E-state index in [1.54, 1.807) is 18.2 Å². The number of aromatic amines is 1. The first-order chi connectivity index (χ1) is 5.40. The summed E-state index contributed by atoms with van der Waals surface area (Å²) in [5.74, 6) is 0. The van der Waals surface area contributed by atoms with Gasteiger partial charge in [0.15, 0.2) is 0 Å². The van der Waals surface area contributed by atoms with Gasteiger partial charge in [-0.15, -0.1) is 0 Å². The van der Waals surface area contributed by atoms with Crippen molar-refractivity contribution in [2.24, 2.45) is 0 Å². The number of rotatable bonds is 1. The fourth-order valence-electron chi connectivity index (χ4n) is 0.931. The van der Waals surface area contributed by atoms with E-state index in [4.69, 9.17) is 0 Å². The zero-order valence-corrected chi connectivity index (χ0v) is 5.61. The van der Waals surface area contributed by atoms with Crippen molar-refractivity contribution in [3.05, 3.63) is 23.8 Å². The normalized spacial score (nSPS) is 10.2. The minimum atomic E-state index is 0. The molecule has 0 amide bonds. The second kappa shape index (κ2) is 2.16. The highest BCUT2D eigenvalue weighted by molar-refractivity contribution is 5.83. The van der Waals surface area contributed by atoms with E-state index in [0.717, 1.165) is 17.3 Å². The maximum atomic E-state index is 10.3. The molecule has 1 N–H and O–H groups in total. The molecule has 0 aliphatic rings. The lowest BCUT2D eigenvalue weighted by atomic mass is 10.2. The van der Waals surface area contributed by atoms with Crippen LogP contribution in [0.25, 0.3) is 11.0 Å². The van der Waals surface area contributed by atoms with Crippen molar-refractivity contribution in [1.82, 2.24) is 15.4 Å². The maximum Gasteiger partial charge on any atom is 0.150 e. The number of nitrogens with one attached hydrogen (secondary N) is 1. The third kappa shape index (κ3) is 0.881. The van der Waals surface area contributed by atoms with Crippen LogP contribution in [0.15, 0.2) is 18.2 Å². The fraction of sp³-hybridized carbons (Fsp3) is 0. The van der Waals surface area contributed by atoms with Crippen LogP contribution >= 0.6 is 0 Å². The highest BCUT2D eigenvalue weighted by Gasteiger charge is 1.97. The molecule has 0 spiro atoms. The average molecular weight is 149 g/mol. The Balaban J connectivity index is 0.000000720. The van der Waals surface area contributed by atoms with Crippen LogP contribution in [0.1, 0.15) is 11.8 Å². The lowest BCUT2D eigenvalue weighted by Crippen LogP contribution is -1.77. The van der Waals surface area contributed by atoms with Gasteiger partial charge in [-0.1, -0.05) is 0 Å². The van der Waals surface area contributed by atoms with Gasteiger partial charge < -0.3 is 0 Å². The molecule has 0 aliphatic heterocycles. The third-order valence-electron chi connectivity index (χ3n) is 1.48. The lowest BCUT2D eigenvalue weighted by molar-refractivity contribution is 0.112. The average Bonchev–Trinajstić information content (AvgIpc) is 2.50. The zero-order chi connectivity index (χ0) is 7.68. The Kier molecular flexibility index (Phi) is 1.18. The number of H-pyrrole nitrogens is 1. The molecule has 1 aromatic heterocycles. The van der Waals surface area contributed by atoms with E-state index in [0.29, 0.717) is 5.56 Å². The standard InChI is InChI=1S/C7H5N3O.H2/c11-4-5-1-2-6-7(3-5)9-10-8-6;/h1-4H,(H,8,9,10);1H. The molecule has 4 nitrogen and oxygen atoms in total. The van der Waals surface area contributed by atoms with Crippen molar-refractivity contribution >= 4 is 17.3 Å². The van der Waals surface area contributed by atoms with E-state index in [1.807, 2.05) is 0 Å². The van der Waals surface area contributed by atoms with Crippen LogP contribution in [0.4, 0.5) is 0 Å². The molecule has 0 saturated heterocycles. The van der Waals surface area contributed by atoms with E-state index in [1.165, 1.54) is 0 Å². The van der Waals surface area contributed by atoms with Crippen molar-refractivity contribution in [3.63, 3.8) is 0 Å². The SMILES string of the molecule is O=Cc1ccc2n[nH]nc2c1.[HH]. The number of aromatic nitrogens is 3. The Hall–Kier alpha value is -1.71. The molecule has 2 aromatic rings. The van der Waals surface area contributed by atoms with E-state index < -0.39 is 0 Å². The molecule has 1 heterocycles. The van der Waals surface area contributed by atoms with E-state index >= 15 is 0 Å². The van der Waals surface area contributed by atoms with Gasteiger partial charge in [0.25, 0.3) is 0 Å². The second-order valence-corrected chi connectivity index (χ2v) is 2.19. The fourth-order valence-corrected chi connectivity index (χ4v) is 0.931. The number of hydrogen-bond acceptors (Lipinski definition) is 3. The van der Waals surface area contributed by atoms with Crippen molar-refractivity contribution in [3.8, 4) is 0 Å². The van der Waals surface area contributed by atoms with Gasteiger partial charge in [0, 0.05) is 6.99 Å². The first-order valence-corrected chi connectivity index (χ1v) is 3.16. The predicted molar refractivity (Wildman–Crippen MR) is 41.4 cm³/mol. The summed E-state index contributed by atoms with van der Waals surface area (Å²) in [7, 11) is 0. The van der Waals surface area contributed by atoms with E-state index in [9.17, 15) is 4.79 Å². The third-order valence-corrected chi connectivity index (χ3v) is 1.48. The molecular formula is C7H7N3O. The summed E-state index contributed by atoms with van der Waals surface area (Å²) in [6.45, 7) is 0. The molecule has 0 radical (unpaired) electrons. The van der Waals surface area contributed by atoms with Crippen LogP contribution in [0.2, 0.25) is 0 Å². The van der Waals surface area contributed by atoms with Gasteiger partial charge in [-0.3, -0.25) is 4.79 Å². The van der Waals surface area contributed by atoms with Crippen molar-refractivity contribution < 1.29 is 6.22 Å². The second-order valence-electron chi connectivity index (χ2n) is 2.19. The Morgan fingerprint density at radius 2 is 2.18 bits per heavy atom. The first-order valence-electron chi connectivity index (χ1n) is 3.16. The summed E-state index contributed by atoms with van der Waals surface area (Å²) >= 11 is 0. The largest absolute Gasteiger partial charge is 0.298 e. The molecule has 0 aliphatic carbocycles. The number of benzene rings is 1. The summed E-state index contributed by atoms with van der Waals surface area (Å²) < 4.78 is 0. The number of fused-ring (bicyclic) bond motifs is 1. The maximum absolute atomic E-state index is 10.3. The summed E-state index contributed by atoms with van der Waals surface area (Å²) in [4.78, 5) is 10.3. The smallest absolute Gasteiger partial charge is 0.150 e. The number of carbonyl (C=O) groups is 1. The van der Waals surface area contributed by atoms with E-state index in [2.05, 4.69) is 15.4 Å². The zero-order valence-electron chi connectivity index (χ0n) is 5.61. The van der Waals surface area contributed by atoms with Crippen LogP contribution in [-0.2, 0) is 0 Å². The molecule has 0 saturated carbocycles. The Bertz CT molecular complexity index is 398. The number of aldehydes is 1. The minimum Gasteiger partial charge on any atom is -0.298 e. The summed E-state index contributed by atoms with van der Waals surface area (Å²) in [6.07, 6.45) is 0.786. The minimum absolute atomic E-state index is 0. The van der Waals surface area contributed by atoms with Gasteiger partial charge in [-0.05, 0) is 18.2 Å². The quantitative estimate of drug-likeness (QED) is 0.615. The van der Waals surface area contributed by atoms with Gasteiger partial charge in [-0.2, -0.15) is 15.4 Å². The first kappa shape index (κ1) is 6.03. The summed E-state index contributed by atoms with van der Waals surface area (Å²) in [5, 5.41) is 10.1. The van der Waals surface area contributed by atoms with Crippen molar-refractivity contribution in [2.75, 3.05) is 0 Å². The molecule has 2 rings (SSSR count). The van der Waals surface area contributed by atoms with Crippen LogP contribution in [-0.4, -0.2) is 21.7 Å². The molecule has 0 bridgehead atoms. The molecule has 56 valence electrons. The van der Waals surface area contributed by atoms with Crippen LogP contribution < -0.4 is 0 Å². The molecule has 0 fully saturated rings. The van der Waals surface area contributed by atoms with Crippen LogP contribution in [0.3, 0.4) is 0 Å². The van der Waals surface area contributed by atoms with Crippen LogP contribution in [0, 0.1) is 0 Å². The monoisotopic (exact) mass is 149 g/mol. The molecule has 0 unspecified atom stereocenters. The van der Waals surface area contributed by atoms with Gasteiger partial charge in [0.05, 0.1) is 0 Å². The van der Waals surface area contributed by atoms with Gasteiger partial charge >= 0.3 is 0 Å². The highest BCUT2D eigenvalue weighted by Crippen LogP contribution is 2.08. The molecule has 4 heteroatoms. The molecular weight excluding hydrogens is 142 g/mol. The van der Waals surface area contributed by atoms with Crippen molar-refractivity contribution in [1.29, 1.82) is 0 Å². The van der Waals surface area contributed by atoms with Gasteiger partial charge in [0.2, 0.25) is 0 Å². The molecule has 11 heavy (non-hydrogen) atoms. The van der Waals surface area contributed by atoms with Gasteiger partial charge in [0.1, 0.15) is 17.3 Å². The predicted octanol–water partition coefficient (Wildman–Crippen LogP) is 1.02. The highest BCUT2D eigenvalue weighted by atomic mass is 16.1. The summed E-state index contributed by atoms with van der Waals surface area (Å²) in [5.41, 5.74) is 2.11. The summed E-state index contributed by atoms with van der Waals surface area (Å²) in [6, 6.07) is 5.15. The number of carbonyl (C=O) groups excluding carboxylic acids is 1. The Labute approximate surface area is 63.7 Å². The van der Waals surface area contributed by atoms with Crippen LogP contribution in [0.5, 0.6) is 0 Å². The molecule has 1 aromatic carbocycles. The van der Waals surface area contributed by atoms with Gasteiger partial charge in [-0.25, -0.2) is 0 Å². The topological polar surface area (TPSA) is 58.6 Å².